The maximum absolute atomic E-state index is 12.3. The molecule has 1 fully saturated rings. The first-order chi connectivity index (χ1) is 10.9. The monoisotopic (exact) mass is 340 g/mol. The van der Waals surface area contributed by atoms with Crippen LogP contribution in [0.15, 0.2) is 29.2 Å². The molecule has 0 bridgehead atoms. The van der Waals surface area contributed by atoms with Crippen LogP contribution in [-0.4, -0.2) is 40.6 Å². The summed E-state index contributed by atoms with van der Waals surface area (Å²) < 4.78 is 32.0. The molecule has 0 aliphatic heterocycles. The average Bonchev–Trinajstić information content (AvgIpc) is 3.34. The molecule has 2 N–H and O–H groups in total. The SMILES string of the molecule is CCN[C@H](C)CNS(=O)(=O)c1ccc(C2(C(=O)OC)CC2)cc1. The molecule has 128 valence electrons. The summed E-state index contributed by atoms with van der Waals surface area (Å²) in [5.41, 5.74) is 0.230. The summed E-state index contributed by atoms with van der Waals surface area (Å²) in [7, 11) is -2.18. The summed E-state index contributed by atoms with van der Waals surface area (Å²) in [6, 6.07) is 6.54. The summed E-state index contributed by atoms with van der Waals surface area (Å²) in [6.45, 7) is 5.00. The number of carbonyl (C=O) groups is 1. The van der Waals surface area contributed by atoms with Gasteiger partial charge in [-0.25, -0.2) is 13.1 Å². The zero-order valence-corrected chi connectivity index (χ0v) is 14.6. The summed E-state index contributed by atoms with van der Waals surface area (Å²) in [5.74, 6) is -0.259. The van der Waals surface area contributed by atoms with Gasteiger partial charge in [0.2, 0.25) is 10.0 Å². The van der Waals surface area contributed by atoms with Crippen molar-refractivity contribution in [3.8, 4) is 0 Å². The zero-order valence-electron chi connectivity index (χ0n) is 13.8. The van der Waals surface area contributed by atoms with Gasteiger partial charge in [-0.15, -0.1) is 0 Å². The van der Waals surface area contributed by atoms with Gasteiger partial charge >= 0.3 is 5.97 Å². The summed E-state index contributed by atoms with van der Waals surface area (Å²) >= 11 is 0. The van der Waals surface area contributed by atoms with E-state index >= 15 is 0 Å². The highest BCUT2D eigenvalue weighted by molar-refractivity contribution is 7.89. The standard InChI is InChI=1S/C16H24N2O4S/c1-4-17-12(2)11-18-23(20,21)14-7-5-13(6-8-14)16(9-10-16)15(19)22-3/h5-8,12,17-18H,4,9-11H2,1-3H3/t12-/m1/s1. The molecule has 1 aromatic carbocycles. The number of ether oxygens (including phenoxy) is 1. The van der Waals surface area contributed by atoms with E-state index in [1.54, 1.807) is 24.3 Å². The van der Waals surface area contributed by atoms with Crippen molar-refractivity contribution in [3.05, 3.63) is 29.8 Å². The largest absolute Gasteiger partial charge is 0.468 e. The molecule has 6 nitrogen and oxygen atoms in total. The number of carbonyl (C=O) groups excluding carboxylic acids is 1. The number of rotatable bonds is 8. The summed E-state index contributed by atoms with van der Waals surface area (Å²) in [4.78, 5) is 12.1. The third kappa shape index (κ3) is 3.91. The fourth-order valence-electron chi connectivity index (χ4n) is 2.62. The van der Waals surface area contributed by atoms with E-state index in [4.69, 9.17) is 4.74 Å². The Balaban J connectivity index is 2.09. The van der Waals surface area contributed by atoms with Gasteiger partial charge in [-0.3, -0.25) is 4.79 Å². The molecule has 1 saturated carbocycles. The molecule has 23 heavy (non-hydrogen) atoms. The van der Waals surface area contributed by atoms with Gasteiger partial charge in [0.25, 0.3) is 0 Å². The average molecular weight is 340 g/mol. The predicted octanol–water partition coefficient (Wildman–Crippen LogP) is 1.17. The zero-order chi connectivity index (χ0) is 17.1. The quantitative estimate of drug-likeness (QED) is 0.694. The number of esters is 1. The number of methoxy groups -OCH3 is 1. The van der Waals surface area contributed by atoms with E-state index < -0.39 is 15.4 Å². The third-order valence-corrected chi connectivity index (χ3v) is 5.61. The maximum Gasteiger partial charge on any atom is 0.316 e. The number of hydrogen-bond acceptors (Lipinski definition) is 5. The molecule has 7 heteroatoms. The smallest absolute Gasteiger partial charge is 0.316 e. The number of hydrogen-bond donors (Lipinski definition) is 2. The van der Waals surface area contributed by atoms with Gasteiger partial charge in [-0.2, -0.15) is 0 Å². The minimum absolute atomic E-state index is 0.0584. The van der Waals surface area contributed by atoms with Crippen LogP contribution >= 0.6 is 0 Å². The Hall–Kier alpha value is -1.44. The van der Waals surface area contributed by atoms with E-state index in [9.17, 15) is 13.2 Å². The first-order valence-electron chi connectivity index (χ1n) is 7.78. The van der Waals surface area contributed by atoms with Crippen LogP contribution in [-0.2, 0) is 25.0 Å². The highest BCUT2D eigenvalue weighted by Crippen LogP contribution is 2.49. The summed E-state index contributed by atoms with van der Waals surface area (Å²) in [6.07, 6.45) is 1.48. The Morgan fingerprint density at radius 3 is 2.39 bits per heavy atom. The van der Waals surface area contributed by atoms with E-state index in [0.29, 0.717) is 6.54 Å². The van der Waals surface area contributed by atoms with Gasteiger partial charge in [-0.05, 0) is 44.0 Å². The van der Waals surface area contributed by atoms with Crippen LogP contribution in [0.25, 0.3) is 0 Å². The molecule has 1 aliphatic carbocycles. The van der Waals surface area contributed by atoms with Gasteiger partial charge < -0.3 is 10.1 Å². The third-order valence-electron chi connectivity index (χ3n) is 4.18. The number of likely N-dealkylation sites (N-methyl/N-ethyl adjacent to an activating group) is 1. The highest BCUT2D eigenvalue weighted by Gasteiger charge is 2.52. The van der Waals surface area contributed by atoms with Crippen molar-refractivity contribution >= 4 is 16.0 Å². The second-order valence-electron chi connectivity index (χ2n) is 5.91. The molecule has 0 radical (unpaired) electrons. The molecular weight excluding hydrogens is 316 g/mol. The molecule has 1 aromatic rings. The Morgan fingerprint density at radius 1 is 1.30 bits per heavy atom. The normalized spacial score (nSPS) is 17.5. The molecule has 0 amide bonds. The van der Waals surface area contributed by atoms with Gasteiger partial charge in [0, 0.05) is 12.6 Å². The molecule has 0 heterocycles. The maximum atomic E-state index is 12.3. The highest BCUT2D eigenvalue weighted by atomic mass is 32.2. The Kier molecular flexibility index (Phi) is 5.44. The van der Waals surface area contributed by atoms with Crippen LogP contribution in [0, 0.1) is 0 Å². The lowest BCUT2D eigenvalue weighted by molar-refractivity contribution is -0.143. The Morgan fingerprint density at radius 2 is 1.91 bits per heavy atom. The minimum Gasteiger partial charge on any atom is -0.468 e. The fraction of sp³-hybridized carbons (Fsp3) is 0.562. The second kappa shape index (κ2) is 6.98. The molecule has 2 rings (SSSR count). The molecule has 0 saturated heterocycles. The van der Waals surface area contributed by atoms with Gasteiger partial charge in [-0.1, -0.05) is 19.1 Å². The van der Waals surface area contributed by atoms with Crippen LogP contribution in [0.1, 0.15) is 32.3 Å². The van der Waals surface area contributed by atoms with E-state index in [0.717, 1.165) is 24.9 Å². The summed E-state index contributed by atoms with van der Waals surface area (Å²) in [5, 5.41) is 3.15. The van der Waals surface area contributed by atoms with Crippen LogP contribution in [0.3, 0.4) is 0 Å². The molecular formula is C16H24N2O4S. The second-order valence-corrected chi connectivity index (χ2v) is 7.68. The topological polar surface area (TPSA) is 84.5 Å². The van der Waals surface area contributed by atoms with Gasteiger partial charge in [0.05, 0.1) is 17.4 Å². The number of nitrogens with one attached hydrogen (secondary N) is 2. The van der Waals surface area contributed by atoms with Crippen molar-refractivity contribution in [2.24, 2.45) is 0 Å². The Bertz CT molecular complexity index is 651. The van der Waals surface area contributed by atoms with E-state index in [1.807, 2.05) is 13.8 Å². The van der Waals surface area contributed by atoms with Crippen molar-refractivity contribution in [2.45, 2.75) is 43.0 Å². The first kappa shape index (κ1) is 17.9. The molecule has 0 unspecified atom stereocenters. The predicted molar refractivity (Wildman–Crippen MR) is 87.7 cm³/mol. The number of sulfonamides is 1. The van der Waals surface area contributed by atoms with Crippen molar-refractivity contribution in [1.82, 2.24) is 10.0 Å². The van der Waals surface area contributed by atoms with Crippen molar-refractivity contribution in [2.75, 3.05) is 20.2 Å². The van der Waals surface area contributed by atoms with Crippen LogP contribution in [0.4, 0.5) is 0 Å². The molecule has 0 spiro atoms. The molecule has 1 aliphatic rings. The van der Waals surface area contributed by atoms with E-state index in [-0.39, 0.29) is 16.9 Å². The van der Waals surface area contributed by atoms with Crippen molar-refractivity contribution in [3.63, 3.8) is 0 Å². The lowest BCUT2D eigenvalue weighted by Gasteiger charge is -2.15. The van der Waals surface area contributed by atoms with Crippen molar-refractivity contribution < 1.29 is 17.9 Å². The van der Waals surface area contributed by atoms with E-state index in [1.165, 1.54) is 7.11 Å². The van der Waals surface area contributed by atoms with Crippen molar-refractivity contribution in [1.29, 1.82) is 0 Å². The van der Waals surface area contributed by atoms with Gasteiger partial charge in [0.15, 0.2) is 0 Å². The van der Waals surface area contributed by atoms with Crippen LogP contribution in [0.2, 0.25) is 0 Å². The van der Waals surface area contributed by atoms with Gasteiger partial charge in [0.1, 0.15) is 0 Å². The molecule has 1 atom stereocenters. The van der Waals surface area contributed by atoms with Crippen LogP contribution in [0.5, 0.6) is 0 Å². The lowest BCUT2D eigenvalue weighted by atomic mass is 9.96. The van der Waals surface area contributed by atoms with E-state index in [2.05, 4.69) is 10.0 Å². The Labute approximate surface area is 137 Å². The fourth-order valence-corrected chi connectivity index (χ4v) is 3.75. The number of benzene rings is 1. The minimum atomic E-state index is -3.55. The lowest BCUT2D eigenvalue weighted by Crippen LogP contribution is -2.38. The molecule has 0 aromatic heterocycles. The van der Waals surface area contributed by atoms with Crippen LogP contribution < -0.4 is 10.0 Å². The first-order valence-corrected chi connectivity index (χ1v) is 9.26.